The lowest BCUT2D eigenvalue weighted by molar-refractivity contribution is 0.186. The zero-order valence-electron chi connectivity index (χ0n) is 15.4. The Morgan fingerprint density at radius 1 is 0.815 bits per heavy atom. The summed E-state index contributed by atoms with van der Waals surface area (Å²) in [5.41, 5.74) is 3.36. The van der Waals surface area contributed by atoms with Crippen LogP contribution in [0.15, 0.2) is 66.7 Å². The Morgan fingerprint density at radius 3 is 2.30 bits per heavy atom. The molecule has 2 aromatic carbocycles. The van der Waals surface area contributed by atoms with E-state index >= 15 is 0 Å². The molecule has 1 aromatic heterocycles. The van der Waals surface area contributed by atoms with E-state index in [9.17, 15) is 0 Å². The summed E-state index contributed by atoms with van der Waals surface area (Å²) < 4.78 is 2.06. The van der Waals surface area contributed by atoms with Crippen molar-refractivity contribution < 1.29 is 0 Å². The molecule has 136 valence electrons. The molecule has 3 aromatic rings. The zero-order chi connectivity index (χ0) is 18.2. The van der Waals surface area contributed by atoms with E-state index < -0.39 is 0 Å². The van der Waals surface area contributed by atoms with E-state index in [1.807, 2.05) is 0 Å². The van der Waals surface area contributed by atoms with Gasteiger partial charge in [0.25, 0.3) is 0 Å². The van der Waals surface area contributed by atoms with E-state index in [0.29, 0.717) is 0 Å². The van der Waals surface area contributed by atoms with Gasteiger partial charge in [0.05, 0.1) is 11.4 Å². The normalized spacial score (nSPS) is 17.1. The molecule has 27 heavy (non-hydrogen) atoms. The molecule has 5 rings (SSSR count). The third-order valence-corrected chi connectivity index (χ3v) is 5.29. The van der Waals surface area contributed by atoms with Gasteiger partial charge < -0.3 is 9.80 Å². The number of para-hydroxylation sites is 3. The van der Waals surface area contributed by atoms with E-state index in [4.69, 9.17) is 0 Å². The molecule has 6 heteroatoms. The molecule has 1 fully saturated rings. The van der Waals surface area contributed by atoms with Crippen LogP contribution in [0.4, 0.5) is 11.4 Å². The van der Waals surface area contributed by atoms with Crippen LogP contribution in [0.5, 0.6) is 0 Å². The fraction of sp³-hybridized carbons (Fsp3) is 0.238. The molecule has 6 nitrogen and oxygen atoms in total. The van der Waals surface area contributed by atoms with Gasteiger partial charge >= 0.3 is 0 Å². The van der Waals surface area contributed by atoms with E-state index in [2.05, 4.69) is 97.2 Å². The Labute approximate surface area is 159 Å². The largest absolute Gasteiger partial charge is 0.355 e. The Morgan fingerprint density at radius 2 is 1.52 bits per heavy atom. The first-order valence-corrected chi connectivity index (χ1v) is 9.31. The molecule has 0 N–H and O–H groups in total. The second-order valence-corrected chi connectivity index (χ2v) is 7.01. The van der Waals surface area contributed by atoms with Crippen molar-refractivity contribution in [2.45, 2.75) is 0 Å². The molecule has 2 aliphatic heterocycles. The van der Waals surface area contributed by atoms with Crippen molar-refractivity contribution in [1.82, 2.24) is 24.6 Å². The number of hydrogen-bond acceptors (Lipinski definition) is 5. The Balaban J connectivity index is 1.72. The molecule has 0 unspecified atom stereocenters. The number of fused-ring (bicyclic) bond motifs is 3. The number of aromatic nitrogens is 3. The van der Waals surface area contributed by atoms with Crippen molar-refractivity contribution in [2.75, 3.05) is 38.1 Å². The summed E-state index contributed by atoms with van der Waals surface area (Å²) in [4.78, 5) is 7.17. The lowest BCUT2D eigenvalue weighted by Gasteiger charge is -2.40. The summed E-state index contributed by atoms with van der Waals surface area (Å²) in [5.74, 6) is 2.00. The van der Waals surface area contributed by atoms with Crippen molar-refractivity contribution in [3.8, 4) is 5.69 Å². The minimum absolute atomic E-state index is 0.856. The monoisotopic (exact) mass is 358 g/mol. The van der Waals surface area contributed by atoms with E-state index in [1.165, 1.54) is 0 Å². The number of piperazine rings is 1. The lowest BCUT2D eigenvalue weighted by Crippen LogP contribution is -2.46. The van der Waals surface area contributed by atoms with Gasteiger partial charge in [0.2, 0.25) is 0 Å². The summed E-state index contributed by atoms with van der Waals surface area (Å²) in [6, 6.07) is 19.0. The fourth-order valence-electron chi connectivity index (χ4n) is 3.81. The average Bonchev–Trinajstić information content (AvgIpc) is 3.12. The number of rotatable bonds is 2. The van der Waals surface area contributed by atoms with Crippen molar-refractivity contribution in [2.24, 2.45) is 0 Å². The average molecular weight is 358 g/mol. The summed E-state index contributed by atoms with van der Waals surface area (Å²) in [7, 11) is 2.18. The smallest absolute Gasteiger partial charge is 0.164 e. The molecule has 0 bridgehead atoms. The first-order chi connectivity index (χ1) is 13.3. The third kappa shape index (κ3) is 2.78. The predicted octanol–water partition coefficient (Wildman–Crippen LogP) is 2.96. The second kappa shape index (κ2) is 6.55. The standard InChI is InChI=1S/C21H22N6/c1-24-11-13-25(14-12-24)21-15-20-23-22-16-26(20)18-9-5-6-10-19(18)27(21)17-7-3-2-4-8-17/h2-10,15-16H,11-14H2,1H3. The molecule has 0 atom stereocenters. The minimum atomic E-state index is 0.856. The highest BCUT2D eigenvalue weighted by atomic mass is 15.4. The summed E-state index contributed by atoms with van der Waals surface area (Å²) in [6.45, 7) is 4.08. The highest BCUT2D eigenvalue weighted by Gasteiger charge is 2.28. The van der Waals surface area contributed by atoms with Crippen molar-refractivity contribution in [3.63, 3.8) is 0 Å². The molecular weight excluding hydrogens is 336 g/mol. The molecule has 0 aliphatic carbocycles. The van der Waals surface area contributed by atoms with E-state index in [0.717, 1.165) is 54.9 Å². The number of benzene rings is 2. The molecule has 0 radical (unpaired) electrons. The highest BCUT2D eigenvalue weighted by Crippen LogP contribution is 2.38. The predicted molar refractivity (Wildman–Crippen MR) is 107 cm³/mol. The van der Waals surface area contributed by atoms with Gasteiger partial charge in [-0.15, -0.1) is 10.2 Å². The second-order valence-electron chi connectivity index (χ2n) is 7.01. The maximum atomic E-state index is 4.38. The Bertz CT molecular complexity index is 969. The van der Waals surface area contributed by atoms with Crippen LogP contribution in [0.2, 0.25) is 0 Å². The zero-order valence-corrected chi connectivity index (χ0v) is 15.4. The quantitative estimate of drug-likeness (QED) is 0.704. The van der Waals surface area contributed by atoms with Gasteiger partial charge in [0.15, 0.2) is 5.82 Å². The van der Waals surface area contributed by atoms with Crippen LogP contribution in [-0.4, -0.2) is 57.8 Å². The van der Waals surface area contributed by atoms with Crippen LogP contribution < -0.4 is 4.90 Å². The van der Waals surface area contributed by atoms with Crippen LogP contribution in [0.25, 0.3) is 11.8 Å². The van der Waals surface area contributed by atoms with Gasteiger partial charge in [0, 0.05) is 37.9 Å². The lowest BCUT2D eigenvalue weighted by atomic mass is 10.2. The molecule has 0 saturated carbocycles. The number of hydrogen-bond donors (Lipinski definition) is 0. The number of anilines is 2. The minimum Gasteiger partial charge on any atom is -0.355 e. The van der Waals surface area contributed by atoms with Gasteiger partial charge in [-0.2, -0.15) is 0 Å². The van der Waals surface area contributed by atoms with Gasteiger partial charge in [-0.3, -0.25) is 9.47 Å². The van der Waals surface area contributed by atoms with Gasteiger partial charge in [-0.25, -0.2) is 0 Å². The highest BCUT2D eigenvalue weighted by molar-refractivity contribution is 5.80. The maximum absolute atomic E-state index is 4.38. The van der Waals surface area contributed by atoms with Crippen molar-refractivity contribution in [1.29, 1.82) is 0 Å². The molecule has 3 heterocycles. The van der Waals surface area contributed by atoms with E-state index in [1.54, 1.807) is 6.33 Å². The maximum Gasteiger partial charge on any atom is 0.164 e. The summed E-state index contributed by atoms with van der Waals surface area (Å²) >= 11 is 0. The van der Waals surface area contributed by atoms with Crippen LogP contribution in [-0.2, 0) is 0 Å². The van der Waals surface area contributed by atoms with Gasteiger partial charge in [-0.05, 0) is 31.3 Å². The number of nitrogens with zero attached hydrogens (tertiary/aromatic N) is 6. The SMILES string of the molecule is CN1CCN(C2=Cc3nncn3-c3ccccc3N2c2ccccc2)CC1. The Kier molecular flexibility index (Phi) is 3.90. The summed E-state index contributed by atoms with van der Waals surface area (Å²) in [5, 5.41) is 8.53. The van der Waals surface area contributed by atoms with Gasteiger partial charge in [0.1, 0.15) is 12.1 Å². The van der Waals surface area contributed by atoms with Crippen molar-refractivity contribution in [3.05, 3.63) is 72.6 Å². The van der Waals surface area contributed by atoms with Gasteiger partial charge in [-0.1, -0.05) is 30.3 Å². The van der Waals surface area contributed by atoms with E-state index in [-0.39, 0.29) is 0 Å². The van der Waals surface area contributed by atoms with Crippen LogP contribution in [0, 0.1) is 0 Å². The molecule has 0 spiro atoms. The van der Waals surface area contributed by atoms with Crippen LogP contribution >= 0.6 is 0 Å². The summed E-state index contributed by atoms with van der Waals surface area (Å²) in [6.07, 6.45) is 3.95. The first-order valence-electron chi connectivity index (χ1n) is 9.31. The Hall–Kier alpha value is -3.12. The molecule has 2 aliphatic rings. The topological polar surface area (TPSA) is 40.4 Å². The first kappa shape index (κ1) is 16.1. The van der Waals surface area contributed by atoms with Crippen LogP contribution in [0.1, 0.15) is 5.82 Å². The van der Waals surface area contributed by atoms with Crippen LogP contribution in [0.3, 0.4) is 0 Å². The number of likely N-dealkylation sites (N-methyl/N-ethyl adjacent to an activating group) is 1. The molecular formula is C21H22N6. The molecule has 0 amide bonds. The third-order valence-electron chi connectivity index (χ3n) is 5.29. The fourth-order valence-corrected chi connectivity index (χ4v) is 3.81. The molecule has 1 saturated heterocycles. The van der Waals surface area contributed by atoms with Crippen molar-refractivity contribution >= 4 is 17.5 Å².